The number of rotatable bonds is 4. The van der Waals surface area contributed by atoms with Gasteiger partial charge in [0.2, 0.25) is 0 Å². The second-order valence-electron chi connectivity index (χ2n) is 3.70. The normalized spacial score (nSPS) is 10.3. The van der Waals surface area contributed by atoms with E-state index in [-0.39, 0.29) is 5.91 Å². The van der Waals surface area contributed by atoms with Crippen molar-refractivity contribution in [2.24, 2.45) is 7.05 Å². The molecule has 0 radical (unpaired) electrons. The van der Waals surface area contributed by atoms with Gasteiger partial charge in [0.25, 0.3) is 5.91 Å². The van der Waals surface area contributed by atoms with Crippen molar-refractivity contribution < 1.29 is 4.79 Å². The molecule has 2 rings (SSSR count). The maximum Gasteiger partial charge on any atom is 0.269 e. The molecule has 2 aromatic rings. The largest absolute Gasteiger partial charge is 0.350 e. The molecule has 94 valence electrons. The molecule has 0 saturated carbocycles. The number of aromatic nitrogens is 4. The number of nitrogens with zero attached hydrogens (tertiary/aromatic N) is 4. The van der Waals surface area contributed by atoms with Crippen LogP contribution in [0.1, 0.15) is 16.3 Å². The molecule has 2 aromatic heterocycles. The van der Waals surface area contributed by atoms with E-state index in [1.54, 1.807) is 24.1 Å². The third-order valence-electron chi connectivity index (χ3n) is 2.24. The third kappa shape index (κ3) is 3.27. The van der Waals surface area contributed by atoms with E-state index in [1.807, 2.05) is 0 Å². The molecule has 0 aliphatic heterocycles. The lowest BCUT2D eigenvalue weighted by Gasteiger charge is -2.03. The number of nitrogens with one attached hydrogen (secondary N) is 1. The predicted molar refractivity (Wildman–Crippen MR) is 66.3 cm³/mol. The number of carbonyl (C=O) groups is 1. The lowest BCUT2D eigenvalue weighted by Crippen LogP contribution is -2.26. The Morgan fingerprint density at radius 2 is 2.33 bits per heavy atom. The van der Waals surface area contributed by atoms with Gasteiger partial charge in [-0.15, -0.1) is 0 Å². The number of amides is 1. The summed E-state index contributed by atoms with van der Waals surface area (Å²) in [6, 6.07) is 3.14. The molecule has 0 spiro atoms. The second-order valence-corrected chi connectivity index (χ2v) is 4.14. The van der Waals surface area contributed by atoms with Crippen molar-refractivity contribution in [1.29, 1.82) is 0 Å². The highest BCUT2D eigenvalue weighted by atomic mass is 35.5. The van der Waals surface area contributed by atoms with Gasteiger partial charge in [-0.05, 0) is 12.1 Å². The number of hydrogen-bond donors (Lipinski definition) is 1. The van der Waals surface area contributed by atoms with Crippen molar-refractivity contribution in [3.63, 3.8) is 0 Å². The lowest BCUT2D eigenvalue weighted by atomic mass is 10.3. The monoisotopic (exact) mass is 265 g/mol. The minimum Gasteiger partial charge on any atom is -0.350 e. The van der Waals surface area contributed by atoms with E-state index in [0.717, 1.165) is 0 Å². The highest BCUT2D eigenvalue weighted by Crippen LogP contribution is 2.07. The summed E-state index contributed by atoms with van der Waals surface area (Å²) < 4.78 is 1.62. The molecule has 0 aliphatic carbocycles. The zero-order valence-corrected chi connectivity index (χ0v) is 10.6. The molecule has 0 bridgehead atoms. The third-order valence-corrected chi connectivity index (χ3v) is 2.47. The second kappa shape index (κ2) is 5.59. The fourth-order valence-corrected chi connectivity index (χ4v) is 1.57. The first kappa shape index (κ1) is 12.5. The molecule has 0 unspecified atom stereocenters. The Kier molecular flexibility index (Phi) is 3.88. The van der Waals surface area contributed by atoms with Crippen LogP contribution in [0.3, 0.4) is 0 Å². The Bertz CT molecular complexity index is 554. The Balaban J connectivity index is 1.85. The summed E-state index contributed by atoms with van der Waals surface area (Å²) >= 11 is 5.78. The van der Waals surface area contributed by atoms with E-state index in [2.05, 4.69) is 20.4 Å². The molecule has 0 atom stereocenters. The quantitative estimate of drug-likeness (QED) is 0.889. The fraction of sp³-hybridized carbons (Fsp3) is 0.273. The molecule has 1 amide bonds. The SMILES string of the molecule is Cn1cnc(CCNC(=O)c2cc(Cl)ccn2)n1. The van der Waals surface area contributed by atoms with Gasteiger partial charge >= 0.3 is 0 Å². The van der Waals surface area contributed by atoms with Crippen LogP contribution in [0.2, 0.25) is 5.02 Å². The topological polar surface area (TPSA) is 72.7 Å². The highest BCUT2D eigenvalue weighted by molar-refractivity contribution is 6.30. The van der Waals surface area contributed by atoms with E-state index in [0.29, 0.717) is 29.5 Å². The first-order valence-electron chi connectivity index (χ1n) is 5.39. The van der Waals surface area contributed by atoms with Crippen LogP contribution in [-0.2, 0) is 13.5 Å². The summed E-state index contributed by atoms with van der Waals surface area (Å²) in [6.07, 6.45) is 3.69. The van der Waals surface area contributed by atoms with Crippen LogP contribution in [0.25, 0.3) is 0 Å². The van der Waals surface area contributed by atoms with Crippen LogP contribution in [0.15, 0.2) is 24.7 Å². The van der Waals surface area contributed by atoms with Crippen LogP contribution in [0, 0.1) is 0 Å². The molecule has 0 fully saturated rings. The Morgan fingerprint density at radius 1 is 1.50 bits per heavy atom. The van der Waals surface area contributed by atoms with Gasteiger partial charge in [0.15, 0.2) is 5.82 Å². The molecule has 1 N–H and O–H groups in total. The minimum atomic E-state index is -0.256. The van der Waals surface area contributed by atoms with E-state index in [9.17, 15) is 4.79 Å². The van der Waals surface area contributed by atoms with Gasteiger partial charge in [0, 0.05) is 31.2 Å². The van der Waals surface area contributed by atoms with Crippen LogP contribution >= 0.6 is 11.6 Å². The summed E-state index contributed by atoms with van der Waals surface area (Å²) in [6.45, 7) is 0.455. The molecule has 0 aromatic carbocycles. The molecule has 2 heterocycles. The van der Waals surface area contributed by atoms with Gasteiger partial charge in [0.05, 0.1) is 0 Å². The lowest BCUT2D eigenvalue weighted by molar-refractivity contribution is 0.0949. The predicted octanol–water partition coefficient (Wildman–Crippen LogP) is 0.836. The van der Waals surface area contributed by atoms with Crippen molar-refractivity contribution in [2.75, 3.05) is 6.54 Å². The first-order valence-corrected chi connectivity index (χ1v) is 5.77. The van der Waals surface area contributed by atoms with Gasteiger partial charge in [-0.2, -0.15) is 5.10 Å². The van der Waals surface area contributed by atoms with E-state index >= 15 is 0 Å². The number of aryl methyl sites for hydroxylation is 1. The van der Waals surface area contributed by atoms with Gasteiger partial charge in [0.1, 0.15) is 12.0 Å². The van der Waals surface area contributed by atoms with Gasteiger partial charge < -0.3 is 5.32 Å². The number of halogens is 1. The van der Waals surface area contributed by atoms with Crippen molar-refractivity contribution in [1.82, 2.24) is 25.1 Å². The van der Waals surface area contributed by atoms with Crippen LogP contribution < -0.4 is 5.32 Å². The van der Waals surface area contributed by atoms with Gasteiger partial charge in [-0.1, -0.05) is 11.6 Å². The van der Waals surface area contributed by atoms with Crippen molar-refractivity contribution in [3.8, 4) is 0 Å². The molecule has 0 saturated heterocycles. The maximum atomic E-state index is 11.7. The van der Waals surface area contributed by atoms with Crippen LogP contribution in [-0.4, -0.2) is 32.2 Å². The summed E-state index contributed by atoms with van der Waals surface area (Å²) in [5, 5.41) is 7.33. The first-order chi connectivity index (χ1) is 8.65. The average Bonchev–Trinajstić information content (AvgIpc) is 2.75. The Morgan fingerprint density at radius 3 is 3.00 bits per heavy atom. The van der Waals surface area contributed by atoms with Gasteiger partial charge in [-0.25, -0.2) is 4.98 Å². The van der Waals surface area contributed by atoms with Crippen LogP contribution in [0.5, 0.6) is 0 Å². The number of pyridine rings is 1. The molecular weight excluding hydrogens is 254 g/mol. The molecule has 0 aliphatic rings. The minimum absolute atomic E-state index is 0.256. The van der Waals surface area contributed by atoms with E-state index in [1.165, 1.54) is 12.3 Å². The molecule has 6 nitrogen and oxygen atoms in total. The van der Waals surface area contributed by atoms with Crippen molar-refractivity contribution in [2.45, 2.75) is 6.42 Å². The van der Waals surface area contributed by atoms with Crippen LogP contribution in [0.4, 0.5) is 0 Å². The smallest absolute Gasteiger partial charge is 0.269 e. The summed E-state index contributed by atoms with van der Waals surface area (Å²) in [5.74, 6) is 0.435. The average molecular weight is 266 g/mol. The van der Waals surface area contributed by atoms with E-state index < -0.39 is 0 Å². The zero-order valence-electron chi connectivity index (χ0n) is 9.80. The zero-order chi connectivity index (χ0) is 13.0. The summed E-state index contributed by atoms with van der Waals surface area (Å²) in [7, 11) is 1.80. The maximum absolute atomic E-state index is 11.7. The Hall–Kier alpha value is -1.95. The van der Waals surface area contributed by atoms with Crippen molar-refractivity contribution in [3.05, 3.63) is 41.2 Å². The summed E-state index contributed by atoms with van der Waals surface area (Å²) in [4.78, 5) is 19.7. The number of hydrogen-bond acceptors (Lipinski definition) is 4. The molecule has 18 heavy (non-hydrogen) atoms. The van der Waals surface area contributed by atoms with Gasteiger partial charge in [-0.3, -0.25) is 14.5 Å². The molecule has 7 heteroatoms. The standard InChI is InChI=1S/C11H12ClN5O/c1-17-7-15-10(16-17)3-5-14-11(18)9-6-8(12)2-4-13-9/h2,4,6-7H,3,5H2,1H3,(H,14,18). The molecular formula is C11H12ClN5O. The van der Waals surface area contributed by atoms with Crippen molar-refractivity contribution >= 4 is 17.5 Å². The Labute approximate surface area is 109 Å². The fourth-order valence-electron chi connectivity index (χ4n) is 1.41. The van der Waals surface area contributed by atoms with E-state index in [4.69, 9.17) is 11.6 Å². The highest BCUT2D eigenvalue weighted by Gasteiger charge is 2.07. The summed E-state index contributed by atoms with van der Waals surface area (Å²) in [5.41, 5.74) is 0.302. The number of carbonyl (C=O) groups excluding carboxylic acids is 1.